The molecule has 6 nitrogen and oxygen atoms in total. The molecule has 1 atom stereocenters. The van der Waals surface area contributed by atoms with Crippen molar-refractivity contribution in [1.82, 2.24) is 4.90 Å². The Kier molecular flexibility index (Phi) is 8.05. The molecule has 17 heavy (non-hydrogen) atoms. The van der Waals surface area contributed by atoms with E-state index in [-0.39, 0.29) is 25.4 Å². The predicted octanol–water partition coefficient (Wildman–Crippen LogP) is -1.25. The highest BCUT2D eigenvalue weighted by atomic mass is 32.1. The van der Waals surface area contributed by atoms with E-state index in [1.165, 1.54) is 0 Å². The van der Waals surface area contributed by atoms with E-state index < -0.39 is 16.9 Å². The highest BCUT2D eigenvalue weighted by Crippen LogP contribution is 2.19. The second kappa shape index (κ2) is 8.09. The van der Waals surface area contributed by atoms with Crippen molar-refractivity contribution in [2.24, 2.45) is 5.73 Å². The van der Waals surface area contributed by atoms with E-state index >= 15 is 0 Å². The minimum Gasteiger partial charge on any atom is -0.461 e. The summed E-state index contributed by atoms with van der Waals surface area (Å²) in [6, 6.07) is 0. The summed E-state index contributed by atoms with van der Waals surface area (Å²) in [5.74, 6) is -1.13. The number of carbonyl (C=O) groups is 2. The van der Waals surface area contributed by atoms with Gasteiger partial charge in [0.2, 0.25) is 5.91 Å². The van der Waals surface area contributed by atoms with E-state index in [1.807, 2.05) is 0 Å². The maximum absolute atomic E-state index is 11.5. The summed E-state index contributed by atoms with van der Waals surface area (Å²) in [6.07, 6.45) is 0. The van der Waals surface area contributed by atoms with Crippen molar-refractivity contribution in [3.63, 3.8) is 0 Å². The maximum Gasteiger partial charge on any atom is 0.371 e. The number of esters is 1. The van der Waals surface area contributed by atoms with Crippen LogP contribution in [0, 0.1) is 0 Å². The van der Waals surface area contributed by atoms with Crippen LogP contribution in [0.15, 0.2) is 0 Å². The molecule has 0 heterocycles. The Morgan fingerprint density at radius 3 is 2.35 bits per heavy atom. The van der Waals surface area contributed by atoms with Crippen LogP contribution in [-0.2, 0) is 14.3 Å². The van der Waals surface area contributed by atoms with Gasteiger partial charge in [-0.15, -0.1) is 12.6 Å². The van der Waals surface area contributed by atoms with Gasteiger partial charge in [-0.1, -0.05) is 0 Å². The molecule has 0 aromatic heterocycles. The average molecular weight is 300 g/mol. The van der Waals surface area contributed by atoms with Gasteiger partial charge in [0.1, 0.15) is 6.61 Å². The molecule has 0 aromatic carbocycles. The summed E-state index contributed by atoms with van der Waals surface area (Å²) in [5, 5.41) is 7.54. The average Bonchev–Trinajstić information content (AvgIpc) is 2.31. The molecule has 0 saturated heterocycles. The summed E-state index contributed by atoms with van der Waals surface area (Å²) in [7, 11) is 0. The van der Waals surface area contributed by atoms with Crippen LogP contribution in [0.25, 0.3) is 0 Å². The van der Waals surface area contributed by atoms with Gasteiger partial charge in [-0.05, 0) is 0 Å². The van der Waals surface area contributed by atoms with Gasteiger partial charge < -0.3 is 15.6 Å². The third-order valence-electron chi connectivity index (χ3n) is 1.77. The molecule has 0 spiro atoms. The molecule has 1 unspecified atom stereocenters. The highest BCUT2D eigenvalue weighted by Gasteiger charge is 2.42. The molecule has 0 saturated carbocycles. The zero-order valence-electron chi connectivity index (χ0n) is 9.07. The quantitative estimate of drug-likeness (QED) is 0.230. The van der Waals surface area contributed by atoms with Crippen molar-refractivity contribution in [3.8, 4) is 0 Å². The maximum atomic E-state index is 11.5. The smallest absolute Gasteiger partial charge is 0.371 e. The lowest BCUT2D eigenvalue weighted by molar-refractivity contribution is -0.174. The Labute approximate surface area is 116 Å². The van der Waals surface area contributed by atoms with Gasteiger partial charge in [-0.25, -0.2) is 4.79 Å². The zero-order chi connectivity index (χ0) is 13.5. The first-order valence-electron chi connectivity index (χ1n) is 4.76. The molecule has 0 fully saturated rings. The van der Waals surface area contributed by atoms with E-state index in [0.29, 0.717) is 5.75 Å². The van der Waals surface area contributed by atoms with Gasteiger partial charge in [0, 0.05) is 18.1 Å². The van der Waals surface area contributed by atoms with Crippen molar-refractivity contribution >= 4 is 49.8 Å². The second-order valence-corrected chi connectivity index (χ2v) is 4.49. The Morgan fingerprint density at radius 1 is 1.35 bits per heavy atom. The number of hydrogen-bond acceptors (Lipinski definition) is 8. The van der Waals surface area contributed by atoms with Crippen LogP contribution in [0.1, 0.15) is 0 Å². The van der Waals surface area contributed by atoms with Crippen LogP contribution in [0.3, 0.4) is 0 Å². The first-order chi connectivity index (χ1) is 7.91. The third kappa shape index (κ3) is 4.96. The number of hydrogen-bond donors (Lipinski definition) is 5. The van der Waals surface area contributed by atoms with Crippen LogP contribution >= 0.6 is 37.9 Å². The van der Waals surface area contributed by atoms with Gasteiger partial charge in [-0.2, -0.15) is 25.3 Å². The number of ether oxygens (including phenoxy) is 1. The molecule has 0 bridgehead atoms. The SMILES string of the molecule is NCC(=O)N(CCS)C(O)(S)C(=O)OCCS. The summed E-state index contributed by atoms with van der Waals surface area (Å²) >= 11 is 11.5. The van der Waals surface area contributed by atoms with Crippen LogP contribution in [0.2, 0.25) is 0 Å². The molecule has 0 aliphatic carbocycles. The van der Waals surface area contributed by atoms with Crippen LogP contribution < -0.4 is 5.73 Å². The molecule has 9 heteroatoms. The fourth-order valence-corrected chi connectivity index (χ4v) is 1.58. The molecule has 1 amide bonds. The minimum atomic E-state index is -2.35. The predicted molar refractivity (Wildman–Crippen MR) is 73.4 cm³/mol. The molecule has 0 aliphatic rings. The normalized spacial score (nSPS) is 13.9. The molecule has 3 N–H and O–H groups in total. The lowest BCUT2D eigenvalue weighted by Gasteiger charge is -2.33. The summed E-state index contributed by atoms with van der Waals surface area (Å²) < 4.78 is 4.68. The molecule has 0 radical (unpaired) electrons. The first kappa shape index (κ1) is 16.9. The van der Waals surface area contributed by atoms with Crippen LogP contribution in [0.5, 0.6) is 0 Å². The fourth-order valence-electron chi connectivity index (χ4n) is 1.01. The Hall–Kier alpha value is -0.0900. The lowest BCUT2D eigenvalue weighted by atomic mass is 10.4. The molecule has 100 valence electrons. The minimum absolute atomic E-state index is 0.0103. The van der Waals surface area contributed by atoms with Gasteiger partial charge in [0.05, 0.1) is 6.54 Å². The molecule has 0 aromatic rings. The standard InChI is InChI=1S/C8H16N2O4S3/c9-5-6(11)10(1-3-15)8(13,17)7(12)14-2-4-16/h13,15-17H,1-5,9H2. The Morgan fingerprint density at radius 2 is 1.94 bits per heavy atom. The van der Waals surface area contributed by atoms with Gasteiger partial charge >= 0.3 is 5.97 Å². The third-order valence-corrected chi connectivity index (χ3v) is 2.58. The monoisotopic (exact) mass is 300 g/mol. The number of nitrogens with zero attached hydrogens (tertiary/aromatic N) is 1. The Bertz CT molecular complexity index is 275. The van der Waals surface area contributed by atoms with E-state index in [0.717, 1.165) is 4.90 Å². The first-order valence-corrected chi connectivity index (χ1v) is 6.47. The van der Waals surface area contributed by atoms with Gasteiger partial charge in [0.15, 0.2) is 0 Å². The van der Waals surface area contributed by atoms with Crippen LogP contribution in [0.4, 0.5) is 0 Å². The summed E-state index contributed by atoms with van der Waals surface area (Å²) in [4.78, 5) is 23.8. The molecular weight excluding hydrogens is 284 g/mol. The summed E-state index contributed by atoms with van der Waals surface area (Å²) in [6.45, 7) is -0.317. The number of nitrogens with two attached hydrogens (primary N) is 1. The number of carbonyl (C=O) groups excluding carboxylic acids is 2. The van der Waals surface area contributed by atoms with E-state index in [2.05, 4.69) is 42.6 Å². The fraction of sp³-hybridized carbons (Fsp3) is 0.750. The van der Waals surface area contributed by atoms with Gasteiger partial charge in [-0.3, -0.25) is 9.69 Å². The van der Waals surface area contributed by atoms with E-state index in [4.69, 9.17) is 5.73 Å². The van der Waals surface area contributed by atoms with Crippen LogP contribution in [-0.4, -0.2) is 58.1 Å². The Balaban J connectivity index is 4.80. The number of aliphatic hydroxyl groups is 1. The second-order valence-electron chi connectivity index (χ2n) is 2.97. The lowest BCUT2D eigenvalue weighted by Crippen LogP contribution is -2.56. The molecule has 0 rings (SSSR count). The number of amides is 1. The highest BCUT2D eigenvalue weighted by molar-refractivity contribution is 7.82. The number of thiol groups is 3. The topological polar surface area (TPSA) is 92.9 Å². The van der Waals surface area contributed by atoms with Crippen molar-refractivity contribution in [3.05, 3.63) is 0 Å². The van der Waals surface area contributed by atoms with Crippen molar-refractivity contribution in [2.45, 2.75) is 5.06 Å². The van der Waals surface area contributed by atoms with Crippen molar-refractivity contribution < 1.29 is 19.4 Å². The molecular formula is C8H16N2O4S3. The number of rotatable bonds is 7. The van der Waals surface area contributed by atoms with E-state index in [9.17, 15) is 14.7 Å². The van der Waals surface area contributed by atoms with Crippen molar-refractivity contribution in [2.75, 3.05) is 31.2 Å². The molecule has 0 aliphatic heterocycles. The summed E-state index contributed by atoms with van der Waals surface area (Å²) in [5.41, 5.74) is 5.17. The largest absolute Gasteiger partial charge is 0.461 e. The van der Waals surface area contributed by atoms with Crippen molar-refractivity contribution in [1.29, 1.82) is 0 Å². The van der Waals surface area contributed by atoms with E-state index in [1.54, 1.807) is 0 Å². The van der Waals surface area contributed by atoms with Gasteiger partial charge in [0.25, 0.3) is 5.06 Å². The zero-order valence-corrected chi connectivity index (χ0v) is 11.8.